The van der Waals surface area contributed by atoms with Crippen molar-refractivity contribution in [2.45, 2.75) is 89.2 Å². The molecule has 1 heterocycles. The summed E-state index contributed by atoms with van der Waals surface area (Å²) in [6.45, 7) is 4.27. The maximum atomic E-state index is 14.5. The number of aryl methyl sites for hydroxylation is 1. The van der Waals surface area contributed by atoms with Gasteiger partial charge in [0.1, 0.15) is 5.82 Å². The van der Waals surface area contributed by atoms with Gasteiger partial charge >= 0.3 is 6.03 Å². The molecule has 1 saturated carbocycles. The molecule has 1 saturated heterocycles. The fourth-order valence-corrected chi connectivity index (χ4v) is 6.17. The summed E-state index contributed by atoms with van der Waals surface area (Å²) < 4.78 is 19.7. The van der Waals surface area contributed by atoms with Gasteiger partial charge in [-0.2, -0.15) is 0 Å². The lowest BCUT2D eigenvalue weighted by atomic mass is 9.74. The van der Waals surface area contributed by atoms with Gasteiger partial charge in [0.05, 0.1) is 5.60 Å². The second-order valence-electron chi connectivity index (χ2n) is 11.1. The molecule has 1 aromatic rings. The van der Waals surface area contributed by atoms with Crippen LogP contribution >= 0.6 is 0 Å². The SMILES string of the molecule is CNCC(CC1CCCCC1)NC(=O)N1CCCC([C@](O)(CCCCOC)c2ccc(C)c(F)c2)C1. The maximum Gasteiger partial charge on any atom is 0.317 e. The first-order valence-electron chi connectivity index (χ1n) is 14.0. The number of aliphatic hydroxyl groups is 1. The molecule has 1 aromatic carbocycles. The van der Waals surface area contributed by atoms with E-state index in [9.17, 15) is 14.3 Å². The van der Waals surface area contributed by atoms with Gasteiger partial charge in [-0.15, -0.1) is 0 Å². The number of methoxy groups -OCH3 is 1. The zero-order chi connectivity index (χ0) is 26.0. The molecule has 3 N–H and O–H groups in total. The molecule has 36 heavy (non-hydrogen) atoms. The van der Waals surface area contributed by atoms with Crippen LogP contribution in [0.4, 0.5) is 9.18 Å². The lowest BCUT2D eigenvalue weighted by Crippen LogP contribution is -2.54. The molecule has 2 fully saturated rings. The third kappa shape index (κ3) is 7.90. The molecule has 0 spiro atoms. The number of halogens is 1. The number of piperidine rings is 1. The first-order chi connectivity index (χ1) is 17.4. The van der Waals surface area contributed by atoms with Gasteiger partial charge in [-0.1, -0.05) is 44.2 Å². The van der Waals surface area contributed by atoms with Crippen molar-refractivity contribution in [1.29, 1.82) is 0 Å². The highest BCUT2D eigenvalue weighted by Crippen LogP contribution is 2.40. The number of likely N-dealkylation sites (N-methyl/N-ethyl adjacent to an activating group) is 1. The highest BCUT2D eigenvalue weighted by Gasteiger charge is 2.41. The fraction of sp³-hybridized carbons (Fsp3) is 0.759. The van der Waals surface area contributed by atoms with Gasteiger partial charge in [0, 0.05) is 45.3 Å². The predicted molar refractivity (Wildman–Crippen MR) is 142 cm³/mol. The van der Waals surface area contributed by atoms with E-state index in [1.807, 2.05) is 18.0 Å². The zero-order valence-electron chi connectivity index (χ0n) is 22.7. The molecule has 0 bridgehead atoms. The van der Waals surface area contributed by atoms with Crippen LogP contribution in [0.25, 0.3) is 0 Å². The van der Waals surface area contributed by atoms with Gasteiger partial charge in [0.15, 0.2) is 0 Å². The molecule has 0 radical (unpaired) electrons. The Hall–Kier alpha value is -1.70. The highest BCUT2D eigenvalue weighted by atomic mass is 19.1. The number of urea groups is 1. The molecule has 3 rings (SSSR count). The van der Waals surface area contributed by atoms with Gasteiger partial charge < -0.3 is 25.4 Å². The quantitative estimate of drug-likeness (QED) is 0.345. The normalized spacial score (nSPS) is 21.7. The van der Waals surface area contributed by atoms with Crippen LogP contribution in [-0.2, 0) is 10.3 Å². The van der Waals surface area contributed by atoms with Crippen LogP contribution in [0.5, 0.6) is 0 Å². The van der Waals surface area contributed by atoms with Crippen molar-refractivity contribution in [2.24, 2.45) is 11.8 Å². The van der Waals surface area contributed by atoms with Crippen LogP contribution in [-0.4, -0.2) is 62.5 Å². The standard InChI is InChI=1S/C29H48FN3O3/c1-22-13-14-24(19-27(22)30)29(35,15-7-8-17-36-3)25-12-9-16-33(21-25)28(34)32-26(20-31-2)18-23-10-5-4-6-11-23/h13-14,19,23,25-26,31,35H,4-12,15-18,20-21H2,1-3H3,(H,32,34)/t25?,26?,29-/m0/s1. The van der Waals surface area contributed by atoms with E-state index in [0.717, 1.165) is 38.6 Å². The van der Waals surface area contributed by atoms with E-state index in [1.165, 1.54) is 38.2 Å². The predicted octanol–water partition coefficient (Wildman–Crippen LogP) is 5.12. The summed E-state index contributed by atoms with van der Waals surface area (Å²) in [5, 5.41) is 18.6. The molecule has 204 valence electrons. The monoisotopic (exact) mass is 505 g/mol. The highest BCUT2D eigenvalue weighted by molar-refractivity contribution is 5.74. The Kier molecular flexibility index (Phi) is 11.5. The van der Waals surface area contributed by atoms with Crippen molar-refractivity contribution in [1.82, 2.24) is 15.5 Å². The van der Waals surface area contributed by atoms with Gasteiger partial charge in [-0.05, 0) is 75.6 Å². The average Bonchev–Trinajstić information content (AvgIpc) is 2.89. The van der Waals surface area contributed by atoms with Crippen LogP contribution < -0.4 is 10.6 Å². The van der Waals surface area contributed by atoms with Crippen molar-refractivity contribution in [3.8, 4) is 0 Å². The number of unbranched alkanes of at least 4 members (excludes halogenated alkanes) is 1. The minimum absolute atomic E-state index is 0.0485. The summed E-state index contributed by atoms with van der Waals surface area (Å²) in [5.41, 5.74) is -0.00689. The number of likely N-dealkylation sites (tertiary alicyclic amines) is 1. The molecule has 3 atom stereocenters. The van der Waals surface area contributed by atoms with Crippen LogP contribution in [0.2, 0.25) is 0 Å². The topological polar surface area (TPSA) is 73.8 Å². The molecule has 0 aromatic heterocycles. The largest absolute Gasteiger partial charge is 0.385 e. The molecule has 7 heteroatoms. The van der Waals surface area contributed by atoms with Crippen molar-refractivity contribution in [3.63, 3.8) is 0 Å². The van der Waals surface area contributed by atoms with E-state index in [4.69, 9.17) is 4.74 Å². The Balaban J connectivity index is 1.70. The third-order valence-electron chi connectivity index (χ3n) is 8.33. The number of amides is 2. The van der Waals surface area contributed by atoms with Crippen LogP contribution in [0.3, 0.4) is 0 Å². The smallest absolute Gasteiger partial charge is 0.317 e. The Morgan fingerprint density at radius 1 is 1.22 bits per heavy atom. The molecule has 2 amide bonds. The molecular weight excluding hydrogens is 457 g/mol. The first-order valence-corrected chi connectivity index (χ1v) is 14.0. The fourth-order valence-electron chi connectivity index (χ4n) is 6.17. The number of benzene rings is 1. The number of carbonyl (C=O) groups is 1. The van der Waals surface area contributed by atoms with E-state index in [-0.39, 0.29) is 23.8 Å². The minimum atomic E-state index is -1.19. The van der Waals surface area contributed by atoms with E-state index in [0.29, 0.717) is 43.2 Å². The van der Waals surface area contributed by atoms with Crippen molar-refractivity contribution in [3.05, 3.63) is 35.1 Å². The molecule has 1 aliphatic heterocycles. The van der Waals surface area contributed by atoms with Crippen molar-refractivity contribution < 1.29 is 19.0 Å². The molecule has 1 aliphatic carbocycles. The van der Waals surface area contributed by atoms with E-state index in [1.54, 1.807) is 20.1 Å². The Bertz CT molecular complexity index is 817. The average molecular weight is 506 g/mol. The summed E-state index contributed by atoms with van der Waals surface area (Å²) >= 11 is 0. The van der Waals surface area contributed by atoms with Gasteiger partial charge in [0.2, 0.25) is 0 Å². The van der Waals surface area contributed by atoms with Crippen molar-refractivity contribution in [2.75, 3.05) is 40.4 Å². The third-order valence-corrected chi connectivity index (χ3v) is 8.33. The number of hydrogen-bond acceptors (Lipinski definition) is 4. The summed E-state index contributed by atoms with van der Waals surface area (Å²) in [5.74, 6) is 0.230. The van der Waals surface area contributed by atoms with E-state index >= 15 is 0 Å². The zero-order valence-corrected chi connectivity index (χ0v) is 22.7. The van der Waals surface area contributed by atoms with Crippen LogP contribution in [0.15, 0.2) is 18.2 Å². The number of ether oxygens (including phenoxy) is 1. The number of carbonyl (C=O) groups excluding carboxylic acids is 1. The lowest BCUT2D eigenvalue weighted by molar-refractivity contribution is -0.0566. The first kappa shape index (κ1) is 28.9. The second-order valence-corrected chi connectivity index (χ2v) is 11.1. The molecule has 6 nitrogen and oxygen atoms in total. The Morgan fingerprint density at radius 2 is 2.00 bits per heavy atom. The number of rotatable bonds is 12. The summed E-state index contributed by atoms with van der Waals surface area (Å²) in [6.07, 6.45) is 11.2. The molecule has 2 unspecified atom stereocenters. The summed E-state index contributed by atoms with van der Waals surface area (Å²) in [6, 6.07) is 5.13. The minimum Gasteiger partial charge on any atom is -0.385 e. The van der Waals surface area contributed by atoms with Gasteiger partial charge in [-0.25, -0.2) is 9.18 Å². The van der Waals surface area contributed by atoms with Crippen LogP contribution in [0.1, 0.15) is 81.8 Å². The number of hydrogen-bond donors (Lipinski definition) is 3. The molecule has 2 aliphatic rings. The Morgan fingerprint density at radius 3 is 2.69 bits per heavy atom. The van der Waals surface area contributed by atoms with Gasteiger partial charge in [0.25, 0.3) is 0 Å². The van der Waals surface area contributed by atoms with Crippen molar-refractivity contribution >= 4 is 6.03 Å². The van der Waals surface area contributed by atoms with Gasteiger partial charge in [-0.3, -0.25) is 0 Å². The number of nitrogens with one attached hydrogen (secondary N) is 2. The Labute approximate surface area is 217 Å². The summed E-state index contributed by atoms with van der Waals surface area (Å²) in [7, 11) is 3.61. The lowest BCUT2D eigenvalue weighted by Gasteiger charge is -2.43. The van der Waals surface area contributed by atoms with E-state index in [2.05, 4.69) is 10.6 Å². The second kappa shape index (κ2) is 14.3. The maximum absolute atomic E-state index is 14.5. The molecular formula is C29H48FN3O3. The van der Waals surface area contributed by atoms with Crippen LogP contribution in [0, 0.1) is 24.6 Å². The van der Waals surface area contributed by atoms with E-state index < -0.39 is 5.60 Å². The number of nitrogens with zero attached hydrogens (tertiary/aromatic N) is 1. The summed E-state index contributed by atoms with van der Waals surface area (Å²) in [4.78, 5) is 15.2.